The van der Waals surface area contributed by atoms with Crippen molar-refractivity contribution in [2.75, 3.05) is 26.7 Å². The molecule has 0 saturated carbocycles. The maximum absolute atomic E-state index is 14.5. The maximum atomic E-state index is 14.5. The quantitative estimate of drug-likeness (QED) is 0.743. The van der Waals surface area contributed by atoms with Crippen LogP contribution in [-0.4, -0.2) is 65.2 Å². The standard InChI is InChI=1S/C19H24BFN4O3/c1-17(2)18(3,4)28-20(27-17)15-6-14(26-12-19(21)10-24(5)11-19)9-25-16(15)13(7-22)8-23-25/h6,8-9H,10-12H2,1-5H3. The molecule has 0 aliphatic carbocycles. The SMILES string of the molecule is CN1CC(F)(COc2cc(B3OC(C)(C)C(C)(C)O3)c3c(C#N)cnn3c2)C1. The average Bonchev–Trinajstić information content (AvgIpc) is 3.08. The minimum absolute atomic E-state index is 0.0436. The Kier molecular flexibility index (Phi) is 4.23. The molecular formula is C19H24BFN4O3. The average molecular weight is 386 g/mol. The molecule has 9 heteroatoms. The summed E-state index contributed by atoms with van der Waals surface area (Å²) in [5, 5.41) is 13.7. The molecule has 28 heavy (non-hydrogen) atoms. The van der Waals surface area contributed by atoms with Gasteiger partial charge in [0.2, 0.25) is 0 Å². The van der Waals surface area contributed by atoms with Crippen molar-refractivity contribution in [3.63, 3.8) is 0 Å². The van der Waals surface area contributed by atoms with Gasteiger partial charge in [-0.1, -0.05) is 0 Å². The van der Waals surface area contributed by atoms with Crippen molar-refractivity contribution in [3.8, 4) is 11.8 Å². The van der Waals surface area contributed by atoms with Crippen LogP contribution in [0.5, 0.6) is 5.75 Å². The van der Waals surface area contributed by atoms with Crippen LogP contribution in [0.15, 0.2) is 18.5 Å². The molecule has 0 N–H and O–H groups in total. The first-order chi connectivity index (χ1) is 13.0. The molecule has 2 aliphatic heterocycles. The number of likely N-dealkylation sites (tertiary alicyclic amines) is 1. The van der Waals surface area contributed by atoms with E-state index < -0.39 is 24.0 Å². The van der Waals surface area contributed by atoms with Gasteiger partial charge >= 0.3 is 7.12 Å². The summed E-state index contributed by atoms with van der Waals surface area (Å²) in [5.41, 5.74) is -0.749. The molecule has 2 aliphatic rings. The highest BCUT2D eigenvalue weighted by Crippen LogP contribution is 2.37. The molecule has 0 aromatic carbocycles. The summed E-state index contributed by atoms with van der Waals surface area (Å²) < 4.78 is 34.2. The Morgan fingerprint density at radius 2 is 1.93 bits per heavy atom. The number of hydrogen-bond donors (Lipinski definition) is 0. The van der Waals surface area contributed by atoms with E-state index in [0.29, 0.717) is 35.4 Å². The van der Waals surface area contributed by atoms with Gasteiger partial charge < -0.3 is 14.0 Å². The van der Waals surface area contributed by atoms with E-state index in [1.165, 1.54) is 6.20 Å². The summed E-state index contributed by atoms with van der Waals surface area (Å²) in [6.45, 7) is 8.51. The Bertz CT molecular complexity index is 946. The Labute approximate surface area is 164 Å². The van der Waals surface area contributed by atoms with Gasteiger partial charge in [-0.3, -0.25) is 4.90 Å². The van der Waals surface area contributed by atoms with E-state index in [4.69, 9.17) is 14.0 Å². The van der Waals surface area contributed by atoms with Crippen LogP contribution in [0.4, 0.5) is 4.39 Å². The molecule has 0 amide bonds. The van der Waals surface area contributed by atoms with Crippen LogP contribution < -0.4 is 10.2 Å². The molecule has 4 heterocycles. The molecule has 4 rings (SSSR count). The zero-order valence-corrected chi connectivity index (χ0v) is 16.8. The van der Waals surface area contributed by atoms with Crippen molar-refractivity contribution in [2.45, 2.75) is 44.6 Å². The van der Waals surface area contributed by atoms with E-state index in [1.807, 2.05) is 39.6 Å². The van der Waals surface area contributed by atoms with Crippen LogP contribution in [0.3, 0.4) is 0 Å². The molecular weight excluding hydrogens is 362 g/mol. The number of ether oxygens (including phenoxy) is 1. The van der Waals surface area contributed by atoms with Crippen LogP contribution in [0.1, 0.15) is 33.3 Å². The van der Waals surface area contributed by atoms with E-state index in [1.54, 1.807) is 16.8 Å². The summed E-state index contributed by atoms with van der Waals surface area (Å²) in [7, 11) is 1.18. The molecule has 2 fully saturated rings. The molecule has 148 valence electrons. The summed E-state index contributed by atoms with van der Waals surface area (Å²) in [6, 6.07) is 3.91. The zero-order chi connectivity index (χ0) is 20.3. The summed E-state index contributed by atoms with van der Waals surface area (Å²) in [6.07, 6.45) is 3.14. The number of nitriles is 1. The Morgan fingerprint density at radius 1 is 1.29 bits per heavy atom. The van der Waals surface area contributed by atoms with Crippen molar-refractivity contribution in [1.29, 1.82) is 5.26 Å². The predicted molar refractivity (Wildman–Crippen MR) is 102 cm³/mol. The third-order valence-corrected chi connectivity index (χ3v) is 5.85. The fourth-order valence-electron chi connectivity index (χ4n) is 3.66. The fraction of sp³-hybridized carbons (Fsp3) is 0.579. The van der Waals surface area contributed by atoms with Gasteiger partial charge in [0.15, 0.2) is 5.67 Å². The van der Waals surface area contributed by atoms with E-state index in [9.17, 15) is 9.65 Å². The van der Waals surface area contributed by atoms with Crippen molar-refractivity contribution >= 4 is 18.1 Å². The molecule has 0 bridgehead atoms. The second-order valence-corrected chi connectivity index (χ2v) is 8.79. The fourth-order valence-corrected chi connectivity index (χ4v) is 3.66. The number of aromatic nitrogens is 2. The van der Waals surface area contributed by atoms with Gasteiger partial charge in [-0.2, -0.15) is 10.4 Å². The van der Waals surface area contributed by atoms with Crippen LogP contribution in [0, 0.1) is 11.3 Å². The van der Waals surface area contributed by atoms with Gasteiger partial charge in [0.05, 0.1) is 34.7 Å². The number of nitrogens with zero attached hydrogens (tertiary/aromatic N) is 4. The first-order valence-electron chi connectivity index (χ1n) is 9.31. The lowest BCUT2D eigenvalue weighted by molar-refractivity contribution is -0.0466. The first kappa shape index (κ1) is 19.2. The number of hydrogen-bond acceptors (Lipinski definition) is 6. The number of fused-ring (bicyclic) bond motifs is 1. The predicted octanol–water partition coefficient (Wildman–Crippen LogP) is 1.54. The Morgan fingerprint density at radius 3 is 2.50 bits per heavy atom. The van der Waals surface area contributed by atoms with Gasteiger partial charge in [0.1, 0.15) is 18.4 Å². The Balaban J connectivity index is 1.70. The normalized spacial score (nSPS) is 22.8. The first-order valence-corrected chi connectivity index (χ1v) is 9.31. The molecule has 2 aromatic heterocycles. The van der Waals surface area contributed by atoms with E-state index in [2.05, 4.69) is 11.2 Å². The van der Waals surface area contributed by atoms with Gasteiger partial charge in [-0.25, -0.2) is 8.91 Å². The lowest BCUT2D eigenvalue weighted by atomic mass is 9.78. The summed E-state index contributed by atoms with van der Waals surface area (Å²) in [4.78, 5) is 1.90. The maximum Gasteiger partial charge on any atom is 0.497 e. The highest BCUT2D eigenvalue weighted by molar-refractivity contribution is 6.64. The molecule has 7 nitrogen and oxygen atoms in total. The van der Waals surface area contributed by atoms with E-state index >= 15 is 0 Å². The third kappa shape index (κ3) is 3.06. The topological polar surface area (TPSA) is 72.0 Å². The summed E-state index contributed by atoms with van der Waals surface area (Å²) in [5.74, 6) is 0.455. The molecule has 2 aromatic rings. The van der Waals surface area contributed by atoms with Crippen molar-refractivity contribution in [3.05, 3.63) is 24.0 Å². The van der Waals surface area contributed by atoms with E-state index in [0.717, 1.165) is 0 Å². The molecule has 2 saturated heterocycles. The van der Waals surface area contributed by atoms with Gasteiger partial charge in [-0.05, 0) is 40.8 Å². The smallest absolute Gasteiger partial charge is 0.489 e. The van der Waals surface area contributed by atoms with Crippen molar-refractivity contribution in [1.82, 2.24) is 14.5 Å². The molecule has 0 atom stereocenters. The highest BCUT2D eigenvalue weighted by atomic mass is 19.1. The molecule has 0 spiro atoms. The van der Waals surface area contributed by atoms with Crippen LogP contribution in [0.2, 0.25) is 0 Å². The van der Waals surface area contributed by atoms with E-state index in [-0.39, 0.29) is 6.61 Å². The highest BCUT2D eigenvalue weighted by Gasteiger charge is 2.52. The largest absolute Gasteiger partial charge is 0.497 e. The van der Waals surface area contributed by atoms with Crippen LogP contribution >= 0.6 is 0 Å². The zero-order valence-electron chi connectivity index (χ0n) is 16.8. The third-order valence-electron chi connectivity index (χ3n) is 5.85. The minimum atomic E-state index is -1.35. The van der Waals surface area contributed by atoms with Crippen LogP contribution in [-0.2, 0) is 9.31 Å². The van der Waals surface area contributed by atoms with Gasteiger partial charge in [-0.15, -0.1) is 0 Å². The van der Waals surface area contributed by atoms with Crippen molar-refractivity contribution < 1.29 is 18.4 Å². The van der Waals surface area contributed by atoms with Crippen molar-refractivity contribution in [2.24, 2.45) is 0 Å². The lowest BCUT2D eigenvalue weighted by Crippen LogP contribution is -2.60. The number of halogens is 1. The monoisotopic (exact) mass is 386 g/mol. The molecule has 0 radical (unpaired) electrons. The minimum Gasteiger partial charge on any atom is -0.489 e. The number of pyridine rings is 1. The van der Waals surface area contributed by atoms with Crippen LogP contribution in [0.25, 0.3) is 5.52 Å². The number of alkyl halides is 1. The summed E-state index contributed by atoms with van der Waals surface area (Å²) >= 11 is 0. The second-order valence-electron chi connectivity index (χ2n) is 8.79. The second kappa shape index (κ2) is 6.18. The van der Waals surface area contributed by atoms with Gasteiger partial charge in [0, 0.05) is 18.6 Å². The number of rotatable bonds is 4. The molecule has 0 unspecified atom stereocenters. The van der Waals surface area contributed by atoms with Gasteiger partial charge in [0.25, 0.3) is 0 Å². The Hall–Kier alpha value is -2.15. The lowest BCUT2D eigenvalue weighted by Gasteiger charge is -2.41.